The van der Waals surface area contributed by atoms with Gasteiger partial charge in [0.2, 0.25) is 0 Å². The maximum absolute atomic E-state index is 12.1. The lowest BCUT2D eigenvalue weighted by Crippen LogP contribution is -2.07. The van der Waals surface area contributed by atoms with Crippen LogP contribution in [0.2, 0.25) is 0 Å². The SMILES string of the molecule is O=C(O)c1ccccc1S(=O)CCc1ccsc1. The first kappa shape index (κ1) is 13.0. The quantitative estimate of drug-likeness (QED) is 0.916. The standard InChI is InChI=1S/C13H12O3S2/c14-13(15)11-3-1-2-4-12(11)18(16)8-6-10-5-7-17-9-10/h1-5,7,9H,6,8H2,(H,14,15). The Bertz CT molecular complexity index is 561. The van der Waals surface area contributed by atoms with E-state index in [1.165, 1.54) is 6.07 Å². The summed E-state index contributed by atoms with van der Waals surface area (Å²) in [6, 6.07) is 8.45. The molecule has 94 valence electrons. The molecule has 0 fully saturated rings. The lowest BCUT2D eigenvalue weighted by molar-refractivity contribution is 0.0693. The van der Waals surface area contributed by atoms with Crippen molar-refractivity contribution in [3.63, 3.8) is 0 Å². The molecular formula is C13H12O3S2. The summed E-state index contributed by atoms with van der Waals surface area (Å²) in [5, 5.41) is 13.0. The molecule has 1 atom stereocenters. The molecule has 1 N–H and O–H groups in total. The van der Waals surface area contributed by atoms with Crippen LogP contribution in [0.25, 0.3) is 0 Å². The highest BCUT2D eigenvalue weighted by atomic mass is 32.2. The van der Waals surface area contributed by atoms with Gasteiger partial charge >= 0.3 is 5.97 Å². The van der Waals surface area contributed by atoms with Gasteiger partial charge in [-0.05, 0) is 40.9 Å². The van der Waals surface area contributed by atoms with Crippen LogP contribution < -0.4 is 0 Å². The van der Waals surface area contributed by atoms with E-state index in [-0.39, 0.29) is 5.56 Å². The maximum Gasteiger partial charge on any atom is 0.336 e. The van der Waals surface area contributed by atoms with Gasteiger partial charge in [-0.2, -0.15) is 11.3 Å². The van der Waals surface area contributed by atoms with E-state index in [4.69, 9.17) is 5.11 Å². The molecule has 0 radical (unpaired) electrons. The number of benzene rings is 1. The second kappa shape index (κ2) is 5.93. The van der Waals surface area contributed by atoms with Gasteiger partial charge in [-0.15, -0.1) is 0 Å². The second-order valence-corrected chi connectivity index (χ2v) is 6.05. The molecule has 0 aliphatic carbocycles. The fourth-order valence-corrected chi connectivity index (χ4v) is 3.57. The lowest BCUT2D eigenvalue weighted by atomic mass is 10.2. The van der Waals surface area contributed by atoms with Crippen LogP contribution in [0.5, 0.6) is 0 Å². The van der Waals surface area contributed by atoms with Crippen LogP contribution in [-0.2, 0) is 17.2 Å². The van der Waals surface area contributed by atoms with Crippen LogP contribution in [0.15, 0.2) is 46.0 Å². The van der Waals surface area contributed by atoms with E-state index in [0.29, 0.717) is 17.1 Å². The first-order valence-electron chi connectivity index (χ1n) is 5.40. The molecule has 18 heavy (non-hydrogen) atoms. The summed E-state index contributed by atoms with van der Waals surface area (Å²) in [5.74, 6) is -0.587. The number of thiophene rings is 1. The topological polar surface area (TPSA) is 54.4 Å². The molecule has 0 saturated carbocycles. The number of hydrogen-bond donors (Lipinski definition) is 1. The summed E-state index contributed by atoms with van der Waals surface area (Å²) in [4.78, 5) is 11.4. The number of aryl methyl sites for hydroxylation is 1. The zero-order valence-electron chi connectivity index (χ0n) is 9.54. The fraction of sp³-hybridized carbons (Fsp3) is 0.154. The van der Waals surface area contributed by atoms with Crippen molar-refractivity contribution in [3.8, 4) is 0 Å². The van der Waals surface area contributed by atoms with Crippen molar-refractivity contribution in [3.05, 3.63) is 52.2 Å². The molecule has 1 aromatic carbocycles. The van der Waals surface area contributed by atoms with E-state index in [9.17, 15) is 9.00 Å². The zero-order valence-corrected chi connectivity index (χ0v) is 11.2. The summed E-state index contributed by atoms with van der Waals surface area (Å²) < 4.78 is 12.1. The van der Waals surface area contributed by atoms with Gasteiger partial charge in [-0.1, -0.05) is 12.1 Å². The maximum atomic E-state index is 12.1. The van der Waals surface area contributed by atoms with Crippen molar-refractivity contribution in [2.45, 2.75) is 11.3 Å². The summed E-state index contributed by atoms with van der Waals surface area (Å²) in [5.41, 5.74) is 1.27. The van der Waals surface area contributed by atoms with Crippen molar-refractivity contribution in [2.24, 2.45) is 0 Å². The Morgan fingerprint density at radius 2 is 2.06 bits per heavy atom. The van der Waals surface area contributed by atoms with Crippen LogP contribution in [0.1, 0.15) is 15.9 Å². The molecule has 1 unspecified atom stereocenters. The predicted molar refractivity (Wildman–Crippen MR) is 72.7 cm³/mol. The molecule has 1 aromatic heterocycles. The number of aromatic carboxylic acids is 1. The van der Waals surface area contributed by atoms with E-state index in [2.05, 4.69) is 0 Å². The first-order valence-corrected chi connectivity index (χ1v) is 7.66. The molecule has 2 aromatic rings. The molecule has 5 heteroatoms. The minimum Gasteiger partial charge on any atom is -0.478 e. The monoisotopic (exact) mass is 280 g/mol. The van der Waals surface area contributed by atoms with Crippen LogP contribution in [0.4, 0.5) is 0 Å². The third kappa shape index (κ3) is 3.05. The van der Waals surface area contributed by atoms with E-state index < -0.39 is 16.8 Å². The van der Waals surface area contributed by atoms with Gasteiger partial charge in [-0.3, -0.25) is 4.21 Å². The van der Waals surface area contributed by atoms with Crippen molar-refractivity contribution in [1.29, 1.82) is 0 Å². The molecule has 1 heterocycles. The van der Waals surface area contributed by atoms with Crippen LogP contribution in [0, 0.1) is 0 Å². The molecule has 3 nitrogen and oxygen atoms in total. The molecule has 0 amide bonds. The largest absolute Gasteiger partial charge is 0.478 e. The van der Waals surface area contributed by atoms with Crippen molar-refractivity contribution >= 4 is 28.1 Å². The van der Waals surface area contributed by atoms with E-state index in [1.807, 2.05) is 16.8 Å². The lowest BCUT2D eigenvalue weighted by Gasteiger charge is -2.05. The smallest absolute Gasteiger partial charge is 0.336 e. The number of hydrogen-bond acceptors (Lipinski definition) is 3. The van der Waals surface area contributed by atoms with Crippen LogP contribution >= 0.6 is 11.3 Å². The average molecular weight is 280 g/mol. The molecule has 0 aliphatic heterocycles. The fourth-order valence-electron chi connectivity index (χ4n) is 1.60. The molecule has 0 spiro atoms. The zero-order chi connectivity index (χ0) is 13.0. The third-order valence-corrected chi connectivity index (χ3v) is 4.67. The van der Waals surface area contributed by atoms with Gasteiger partial charge in [0, 0.05) is 5.75 Å². The summed E-state index contributed by atoms with van der Waals surface area (Å²) in [7, 11) is -1.28. The first-order chi connectivity index (χ1) is 8.68. The molecule has 0 saturated heterocycles. The Morgan fingerprint density at radius 3 is 2.72 bits per heavy atom. The Morgan fingerprint density at radius 1 is 1.28 bits per heavy atom. The number of carbonyl (C=O) groups is 1. The van der Waals surface area contributed by atoms with Gasteiger partial charge in [0.1, 0.15) is 0 Å². The van der Waals surface area contributed by atoms with Gasteiger partial charge in [-0.25, -0.2) is 4.79 Å². The summed E-state index contributed by atoms with van der Waals surface area (Å²) in [6.07, 6.45) is 0.698. The van der Waals surface area contributed by atoms with E-state index in [0.717, 1.165) is 5.56 Å². The highest BCUT2D eigenvalue weighted by Crippen LogP contribution is 2.15. The Labute approximate surface area is 112 Å². The number of carboxylic acid groups (broad SMARTS) is 1. The Hall–Kier alpha value is -1.46. The predicted octanol–water partition coefficient (Wildman–Crippen LogP) is 2.80. The van der Waals surface area contributed by atoms with Crippen molar-refractivity contribution < 1.29 is 14.1 Å². The minimum absolute atomic E-state index is 0.126. The Kier molecular flexibility index (Phi) is 4.28. The molecule has 0 aliphatic rings. The van der Waals surface area contributed by atoms with Gasteiger partial charge in [0.05, 0.1) is 21.3 Å². The minimum atomic E-state index is -1.28. The highest BCUT2D eigenvalue weighted by molar-refractivity contribution is 7.85. The van der Waals surface area contributed by atoms with E-state index >= 15 is 0 Å². The van der Waals surface area contributed by atoms with Crippen LogP contribution in [0.3, 0.4) is 0 Å². The number of rotatable bonds is 5. The summed E-state index contributed by atoms with van der Waals surface area (Å²) in [6.45, 7) is 0. The average Bonchev–Trinajstić information content (AvgIpc) is 2.89. The van der Waals surface area contributed by atoms with Crippen molar-refractivity contribution in [2.75, 3.05) is 5.75 Å². The highest BCUT2D eigenvalue weighted by Gasteiger charge is 2.14. The number of carboxylic acids is 1. The van der Waals surface area contributed by atoms with Crippen LogP contribution in [-0.4, -0.2) is 21.0 Å². The van der Waals surface area contributed by atoms with Gasteiger partial charge in [0.25, 0.3) is 0 Å². The summed E-state index contributed by atoms with van der Waals surface area (Å²) >= 11 is 1.60. The third-order valence-electron chi connectivity index (χ3n) is 2.52. The van der Waals surface area contributed by atoms with Gasteiger partial charge in [0.15, 0.2) is 0 Å². The normalized spacial score (nSPS) is 12.2. The second-order valence-electron chi connectivity index (χ2n) is 3.73. The Balaban J connectivity index is 2.11. The molecular weight excluding hydrogens is 268 g/mol. The van der Waals surface area contributed by atoms with Crippen molar-refractivity contribution in [1.82, 2.24) is 0 Å². The molecule has 0 bridgehead atoms. The van der Waals surface area contributed by atoms with Gasteiger partial charge < -0.3 is 5.11 Å². The molecule has 2 rings (SSSR count). The van der Waals surface area contributed by atoms with E-state index in [1.54, 1.807) is 29.5 Å².